The number of ether oxygens (including phenoxy) is 5. The lowest BCUT2D eigenvalue weighted by molar-refractivity contribution is -0.678. The molecule has 0 saturated carbocycles. The summed E-state index contributed by atoms with van der Waals surface area (Å²) in [6.07, 6.45) is 14.0. The van der Waals surface area contributed by atoms with Gasteiger partial charge in [0.15, 0.2) is 35.3 Å². The first-order valence-electron chi connectivity index (χ1n) is 15.6. The van der Waals surface area contributed by atoms with Crippen molar-refractivity contribution in [3.63, 3.8) is 0 Å². The number of aliphatic carboxylic acids is 2. The number of methoxy groups -OCH3 is 4. The predicted octanol–water partition coefficient (Wildman–Crippen LogP) is 3.36. The van der Waals surface area contributed by atoms with Crippen molar-refractivity contribution in [2.24, 2.45) is 0 Å². The van der Waals surface area contributed by atoms with Crippen LogP contribution < -0.4 is 50.1 Å². The Hall–Kier alpha value is -4.65. The zero-order chi connectivity index (χ0) is 33.8. The molecule has 2 N–H and O–H groups in total. The summed E-state index contributed by atoms with van der Waals surface area (Å²) >= 11 is 0. The molecule has 1 aliphatic rings. The molecule has 0 bridgehead atoms. The van der Waals surface area contributed by atoms with E-state index >= 15 is 0 Å². The molecule has 48 heavy (non-hydrogen) atoms. The Labute approximate surface area is 290 Å². The Morgan fingerprint density at radius 3 is 2.02 bits per heavy atom. The van der Waals surface area contributed by atoms with Crippen molar-refractivity contribution < 1.29 is 69.5 Å². The summed E-state index contributed by atoms with van der Waals surface area (Å²) in [7, 11) is 6.31. The van der Waals surface area contributed by atoms with Crippen LogP contribution in [0, 0.1) is 0 Å². The second-order valence-corrected chi connectivity index (χ2v) is 10.9. The molecule has 260 valence electrons. The molecule has 2 aromatic carbocycles. The van der Waals surface area contributed by atoms with Crippen LogP contribution in [0.2, 0.25) is 0 Å². The van der Waals surface area contributed by atoms with Crippen LogP contribution >= 0.6 is 0 Å². The number of hydrogen-bond acceptors (Lipinski definition) is 9. The van der Waals surface area contributed by atoms with Gasteiger partial charge in [-0.25, -0.2) is 0 Å². The highest BCUT2D eigenvalue weighted by Gasteiger charge is 2.28. The molecule has 0 atom stereocenters. The van der Waals surface area contributed by atoms with E-state index in [1.54, 1.807) is 40.6 Å². The van der Waals surface area contributed by atoms with Crippen molar-refractivity contribution in [3.05, 3.63) is 60.3 Å². The van der Waals surface area contributed by atoms with E-state index in [9.17, 15) is 9.59 Å². The molecule has 0 radical (unpaired) electrons. The Morgan fingerprint density at radius 2 is 1.38 bits per heavy atom. The first-order chi connectivity index (χ1) is 22.8. The van der Waals surface area contributed by atoms with Gasteiger partial charge in [0.05, 0.1) is 46.3 Å². The zero-order valence-corrected chi connectivity index (χ0v) is 29.3. The van der Waals surface area contributed by atoms with Crippen LogP contribution in [0.1, 0.15) is 57.3 Å². The Balaban J connectivity index is 0.00000625. The van der Waals surface area contributed by atoms with Gasteiger partial charge in [0, 0.05) is 44.0 Å². The van der Waals surface area contributed by atoms with E-state index in [2.05, 4.69) is 0 Å². The van der Waals surface area contributed by atoms with Crippen molar-refractivity contribution in [2.75, 3.05) is 39.9 Å². The lowest BCUT2D eigenvalue weighted by atomic mass is 10.1. The maximum absolute atomic E-state index is 10.9. The number of hydrogen-bond donors (Lipinski definition) is 2. The Kier molecular flexibility index (Phi) is 14.7. The van der Waals surface area contributed by atoms with Gasteiger partial charge in [-0.3, -0.25) is 9.59 Å². The normalized spacial score (nSPS) is 13.2. The van der Waals surface area contributed by atoms with Crippen LogP contribution in [0.3, 0.4) is 0 Å². The average Bonchev–Trinajstić information content (AvgIpc) is 3.58. The van der Waals surface area contributed by atoms with Gasteiger partial charge in [0.1, 0.15) is 0 Å². The number of carbonyl (C=O) groups is 2. The highest BCUT2D eigenvalue weighted by atomic mass is 79.9. The molecule has 2 heterocycles. The maximum atomic E-state index is 10.9. The number of carboxylic acid groups (broad SMARTS) is 2. The molecule has 0 spiro atoms. The fourth-order valence-corrected chi connectivity index (χ4v) is 5.35. The summed E-state index contributed by atoms with van der Waals surface area (Å²) in [6.45, 7) is 1.27. The highest BCUT2D eigenvalue weighted by Crippen LogP contribution is 2.46. The topological polar surface area (TPSA) is 141 Å². The van der Waals surface area contributed by atoms with Crippen LogP contribution in [-0.4, -0.2) is 57.1 Å². The minimum Gasteiger partial charge on any atom is -1.00 e. The van der Waals surface area contributed by atoms with E-state index in [-0.39, 0.29) is 29.8 Å². The van der Waals surface area contributed by atoms with Gasteiger partial charge < -0.3 is 60.2 Å². The minimum atomic E-state index is -0.793. The molecule has 13 heteroatoms. The second kappa shape index (κ2) is 18.6. The molecule has 4 rings (SSSR count). The predicted molar refractivity (Wildman–Crippen MR) is 175 cm³/mol. The quantitative estimate of drug-likeness (QED) is 0.107. The van der Waals surface area contributed by atoms with Gasteiger partial charge in [-0.15, -0.1) is 0 Å². The Bertz CT molecular complexity index is 1650. The monoisotopic (exact) mass is 730 g/mol. The molecule has 3 aromatic rings. The van der Waals surface area contributed by atoms with E-state index in [1.165, 1.54) is 0 Å². The number of carboxylic acids is 2. The molecule has 0 saturated heterocycles. The summed E-state index contributed by atoms with van der Waals surface area (Å²) in [6, 6.07) is 7.34. The van der Waals surface area contributed by atoms with Crippen molar-refractivity contribution in [1.82, 2.24) is 0 Å². The molecule has 1 aliphatic heterocycles. The van der Waals surface area contributed by atoms with Gasteiger partial charge >= 0.3 is 17.8 Å². The van der Waals surface area contributed by atoms with E-state index in [4.69, 9.17) is 38.3 Å². The van der Waals surface area contributed by atoms with Crippen LogP contribution in [0.5, 0.6) is 28.7 Å². The molecule has 0 unspecified atom stereocenters. The average molecular weight is 732 g/mol. The third kappa shape index (κ3) is 9.69. The first-order valence-corrected chi connectivity index (χ1v) is 15.6. The molecule has 0 fully saturated rings. The summed E-state index contributed by atoms with van der Waals surface area (Å²) in [4.78, 5) is 23.9. The first kappa shape index (κ1) is 37.8. The molecule has 1 aromatic heterocycles. The zero-order valence-electron chi connectivity index (χ0n) is 27.7. The van der Waals surface area contributed by atoms with Gasteiger partial charge in [-0.05, 0) is 31.8 Å². The van der Waals surface area contributed by atoms with E-state index < -0.39 is 11.9 Å². The summed E-state index contributed by atoms with van der Waals surface area (Å²) in [5.41, 5.74) is 2.32. The fourth-order valence-electron chi connectivity index (χ4n) is 5.35. The smallest absolute Gasteiger partial charge is 0.374 e. The number of oxazole rings is 1. The largest absolute Gasteiger partial charge is 1.00 e. The molecule has 0 amide bonds. The number of aromatic nitrogens is 1. The number of unbranched alkanes of at least 4 members (excludes halogenated alkanes) is 4. The van der Waals surface area contributed by atoms with Gasteiger partial charge in [0.2, 0.25) is 11.5 Å². The summed E-state index contributed by atoms with van der Waals surface area (Å²) < 4.78 is 36.4. The number of nitrogens with zero attached hydrogens (tertiary/aromatic N) is 2. The standard InChI is InChI=1S/C35H42N2O10.BrH/c1-42-28-20-24-26(22-30(28)44-3)46-32(36(24)18-12-6-10-16-34(38)39)14-8-5-9-15-33-37(19-13-7-11-17-35(40)41)25-21-29(43-2)31(45-4)23-27(25)47-33;/h5,8-9,14-15,20-23H,6-7,10-13,16-19H2,1-4H3,(H-,38,39,40,41);1H. The van der Waals surface area contributed by atoms with Crippen LogP contribution in [0.4, 0.5) is 5.69 Å². The van der Waals surface area contributed by atoms with E-state index in [0.29, 0.717) is 72.0 Å². The Morgan fingerprint density at radius 1 is 0.771 bits per heavy atom. The summed E-state index contributed by atoms with van der Waals surface area (Å²) in [5.74, 6) is 2.59. The van der Waals surface area contributed by atoms with Gasteiger partial charge in [-0.1, -0.05) is 24.6 Å². The number of fused-ring (bicyclic) bond motifs is 2. The number of anilines is 1. The number of rotatable bonds is 19. The number of allylic oxidation sites excluding steroid dienone is 4. The van der Waals surface area contributed by atoms with Gasteiger partial charge in [-0.2, -0.15) is 4.57 Å². The third-order valence-corrected chi connectivity index (χ3v) is 7.72. The van der Waals surface area contributed by atoms with Crippen LogP contribution in [-0.2, 0) is 16.1 Å². The number of halogens is 1. The van der Waals surface area contributed by atoms with Gasteiger partial charge in [0.25, 0.3) is 5.52 Å². The molecular formula is C35H43BrN2O10. The lowest BCUT2D eigenvalue weighted by Gasteiger charge is -2.18. The van der Waals surface area contributed by atoms with Crippen molar-refractivity contribution >= 4 is 34.8 Å². The SMILES string of the molecule is COc1cc2c(cc1OC)N(CCCCCC(=O)O)/C(=C/C=C/C=C/c1oc3cc(OC)c(OC)cc3[n+]1CCCCCC(=O)O)O2.[Br-]. The highest BCUT2D eigenvalue weighted by molar-refractivity contribution is 5.75. The summed E-state index contributed by atoms with van der Waals surface area (Å²) in [5, 5.41) is 17.9. The third-order valence-electron chi connectivity index (χ3n) is 7.72. The van der Waals surface area contributed by atoms with Crippen molar-refractivity contribution in [1.29, 1.82) is 0 Å². The van der Waals surface area contributed by atoms with E-state index in [0.717, 1.165) is 36.9 Å². The fraction of sp³-hybridized carbons (Fsp3) is 0.400. The lowest BCUT2D eigenvalue weighted by Crippen LogP contribution is -3.00. The number of aryl methyl sites for hydroxylation is 1. The van der Waals surface area contributed by atoms with E-state index in [1.807, 2.05) is 52.0 Å². The van der Waals surface area contributed by atoms with Crippen molar-refractivity contribution in [3.8, 4) is 28.7 Å². The number of benzene rings is 2. The minimum absolute atomic E-state index is 0. The second-order valence-electron chi connectivity index (χ2n) is 10.9. The maximum Gasteiger partial charge on any atom is 0.374 e. The molecule has 12 nitrogen and oxygen atoms in total. The molecular weight excluding hydrogens is 688 g/mol. The molecule has 0 aliphatic carbocycles. The van der Waals surface area contributed by atoms with Crippen molar-refractivity contribution in [2.45, 2.75) is 57.9 Å². The van der Waals surface area contributed by atoms with Crippen LogP contribution in [0.15, 0.2) is 58.9 Å². The van der Waals surface area contributed by atoms with Crippen LogP contribution in [0.25, 0.3) is 17.2 Å².